The number of para-hydroxylation sites is 1. The van der Waals surface area contributed by atoms with E-state index in [4.69, 9.17) is 4.74 Å². The highest BCUT2D eigenvalue weighted by atomic mass is 16.6. The van der Waals surface area contributed by atoms with Crippen molar-refractivity contribution in [1.82, 2.24) is 9.66 Å². The summed E-state index contributed by atoms with van der Waals surface area (Å²) < 4.78 is 7.19. The van der Waals surface area contributed by atoms with Gasteiger partial charge in [0.2, 0.25) is 0 Å². The topological polar surface area (TPSA) is 99.6 Å². The summed E-state index contributed by atoms with van der Waals surface area (Å²) in [5.74, 6) is 0.756. The third-order valence-electron chi connectivity index (χ3n) is 5.82. The molecule has 0 aliphatic carbocycles. The minimum atomic E-state index is -0.486. The number of nitro groups is 1. The van der Waals surface area contributed by atoms with Crippen molar-refractivity contribution in [2.45, 2.75) is 13.5 Å². The Morgan fingerprint density at radius 2 is 1.70 bits per heavy atom. The summed E-state index contributed by atoms with van der Waals surface area (Å²) in [6.45, 7) is 2.27. The van der Waals surface area contributed by atoms with Crippen LogP contribution in [0.2, 0.25) is 0 Å². The molecule has 0 aliphatic heterocycles. The summed E-state index contributed by atoms with van der Waals surface area (Å²) in [5, 5.41) is 16.3. The molecule has 1 aromatic heterocycles. The van der Waals surface area contributed by atoms with Gasteiger partial charge in [-0.25, -0.2) is 4.98 Å². The molecule has 0 saturated heterocycles. The molecule has 5 aromatic rings. The molecule has 0 atom stereocenters. The molecule has 0 spiro atoms. The predicted octanol–water partition coefficient (Wildman–Crippen LogP) is 5.74. The summed E-state index contributed by atoms with van der Waals surface area (Å²) in [6.07, 6.45) is 1.39. The molecule has 0 amide bonds. The Labute approximate surface area is 212 Å². The first-order chi connectivity index (χ1) is 18.0. The Morgan fingerprint density at radius 1 is 0.973 bits per heavy atom. The molecule has 0 unspecified atom stereocenters. The lowest BCUT2D eigenvalue weighted by molar-refractivity contribution is -0.384. The Kier molecular flexibility index (Phi) is 6.54. The van der Waals surface area contributed by atoms with E-state index in [1.165, 1.54) is 29.1 Å². The van der Waals surface area contributed by atoms with E-state index in [9.17, 15) is 14.9 Å². The lowest BCUT2D eigenvalue weighted by atomic mass is 10.1. The first kappa shape index (κ1) is 23.6. The van der Waals surface area contributed by atoms with Crippen molar-refractivity contribution < 1.29 is 9.66 Å². The highest BCUT2D eigenvalue weighted by molar-refractivity contribution is 5.85. The van der Waals surface area contributed by atoms with Crippen molar-refractivity contribution in [3.63, 3.8) is 0 Å². The molecule has 4 aromatic carbocycles. The maximum atomic E-state index is 13.4. The Bertz CT molecular complexity index is 1680. The quantitative estimate of drug-likeness (QED) is 0.165. The van der Waals surface area contributed by atoms with Crippen molar-refractivity contribution in [2.24, 2.45) is 5.10 Å². The molecule has 8 nitrogen and oxygen atoms in total. The fraction of sp³-hybridized carbons (Fsp3) is 0.0690. The van der Waals surface area contributed by atoms with Crippen LogP contribution >= 0.6 is 0 Å². The number of rotatable bonds is 7. The summed E-state index contributed by atoms with van der Waals surface area (Å²) in [7, 11) is 0. The smallest absolute Gasteiger partial charge is 0.282 e. The van der Waals surface area contributed by atoms with Gasteiger partial charge < -0.3 is 4.74 Å². The van der Waals surface area contributed by atoms with E-state index in [1.54, 1.807) is 18.2 Å². The van der Waals surface area contributed by atoms with Crippen LogP contribution in [0.15, 0.2) is 107 Å². The van der Waals surface area contributed by atoms with E-state index in [-0.39, 0.29) is 17.9 Å². The molecule has 1 heterocycles. The van der Waals surface area contributed by atoms with Crippen LogP contribution in [0.3, 0.4) is 0 Å². The number of nitro benzene ring substituents is 1. The lowest BCUT2D eigenvalue weighted by Crippen LogP contribution is -2.20. The third-order valence-corrected chi connectivity index (χ3v) is 5.82. The van der Waals surface area contributed by atoms with E-state index >= 15 is 0 Å². The number of non-ortho nitro benzene ring substituents is 1. The molecule has 0 N–H and O–H groups in total. The summed E-state index contributed by atoms with van der Waals surface area (Å²) in [5.41, 5.74) is 3.24. The summed E-state index contributed by atoms with van der Waals surface area (Å²) in [6, 6.07) is 28.5. The maximum absolute atomic E-state index is 13.4. The zero-order valence-corrected chi connectivity index (χ0v) is 19.9. The third kappa shape index (κ3) is 5.13. The standard InChI is InChI=1S/C29H22N4O4/c1-20-11-13-21(14-12-20)19-37-27-16-15-24(33(35)36)17-23(27)18-30-32-28(22-7-3-2-4-8-22)31-26-10-6-5-9-25(26)29(32)34/h2-18H,19H2,1H3. The molecular weight excluding hydrogens is 468 g/mol. The molecule has 0 bridgehead atoms. The molecule has 0 saturated carbocycles. The fourth-order valence-corrected chi connectivity index (χ4v) is 3.85. The Morgan fingerprint density at radius 3 is 2.46 bits per heavy atom. The monoisotopic (exact) mass is 490 g/mol. The molecule has 37 heavy (non-hydrogen) atoms. The normalized spacial score (nSPS) is 11.2. The molecule has 0 aliphatic rings. The Hall–Kier alpha value is -5.11. The van der Waals surface area contributed by atoms with Crippen LogP contribution in [0, 0.1) is 17.0 Å². The average molecular weight is 491 g/mol. The fourth-order valence-electron chi connectivity index (χ4n) is 3.85. The van der Waals surface area contributed by atoms with Crippen LogP contribution in [0.5, 0.6) is 5.75 Å². The zero-order chi connectivity index (χ0) is 25.8. The van der Waals surface area contributed by atoms with Gasteiger partial charge in [-0.15, -0.1) is 0 Å². The SMILES string of the molecule is Cc1ccc(COc2ccc([N+](=O)[O-])cc2C=Nn2c(-c3ccccc3)nc3ccccc3c2=O)cc1. The minimum Gasteiger partial charge on any atom is -0.488 e. The van der Waals surface area contributed by atoms with Crippen molar-refractivity contribution in [3.8, 4) is 17.1 Å². The van der Waals surface area contributed by atoms with Crippen LogP contribution in [-0.4, -0.2) is 20.8 Å². The second kappa shape index (κ2) is 10.2. The van der Waals surface area contributed by atoms with E-state index in [0.29, 0.717) is 33.6 Å². The van der Waals surface area contributed by atoms with Crippen molar-refractivity contribution in [1.29, 1.82) is 0 Å². The number of aromatic nitrogens is 2. The molecular formula is C29H22N4O4. The number of fused-ring (bicyclic) bond motifs is 1. The van der Waals surface area contributed by atoms with Gasteiger partial charge >= 0.3 is 0 Å². The van der Waals surface area contributed by atoms with Gasteiger partial charge in [0.25, 0.3) is 11.2 Å². The number of ether oxygens (including phenoxy) is 1. The second-order valence-corrected chi connectivity index (χ2v) is 8.43. The van der Waals surface area contributed by atoms with Gasteiger partial charge in [-0.3, -0.25) is 14.9 Å². The predicted molar refractivity (Wildman–Crippen MR) is 143 cm³/mol. The van der Waals surface area contributed by atoms with E-state index in [1.807, 2.05) is 67.6 Å². The minimum absolute atomic E-state index is 0.114. The van der Waals surface area contributed by atoms with Crippen molar-refractivity contribution >= 4 is 22.8 Å². The van der Waals surface area contributed by atoms with Gasteiger partial charge in [-0.2, -0.15) is 9.78 Å². The van der Waals surface area contributed by atoms with Gasteiger partial charge in [0.05, 0.1) is 22.0 Å². The summed E-state index contributed by atoms with van der Waals surface area (Å²) >= 11 is 0. The van der Waals surface area contributed by atoms with Crippen molar-refractivity contribution in [3.05, 3.63) is 134 Å². The summed E-state index contributed by atoms with van der Waals surface area (Å²) in [4.78, 5) is 29.1. The van der Waals surface area contributed by atoms with E-state index in [0.717, 1.165) is 11.1 Å². The molecule has 0 radical (unpaired) electrons. The highest BCUT2D eigenvalue weighted by Crippen LogP contribution is 2.25. The lowest BCUT2D eigenvalue weighted by Gasteiger charge is -2.11. The van der Waals surface area contributed by atoms with E-state index in [2.05, 4.69) is 10.1 Å². The van der Waals surface area contributed by atoms with Crippen LogP contribution in [-0.2, 0) is 6.61 Å². The molecule has 182 valence electrons. The maximum Gasteiger partial charge on any atom is 0.282 e. The molecule has 5 rings (SSSR count). The van der Waals surface area contributed by atoms with Crippen LogP contribution in [0.25, 0.3) is 22.3 Å². The Balaban J connectivity index is 1.59. The largest absolute Gasteiger partial charge is 0.488 e. The first-order valence-electron chi connectivity index (χ1n) is 11.6. The number of aryl methyl sites for hydroxylation is 1. The van der Waals surface area contributed by atoms with Gasteiger partial charge in [-0.05, 0) is 30.7 Å². The number of hydrogen-bond donors (Lipinski definition) is 0. The van der Waals surface area contributed by atoms with Crippen molar-refractivity contribution in [2.75, 3.05) is 0 Å². The number of benzene rings is 4. The first-order valence-corrected chi connectivity index (χ1v) is 11.6. The number of nitrogens with zero attached hydrogens (tertiary/aromatic N) is 4. The highest BCUT2D eigenvalue weighted by Gasteiger charge is 2.14. The van der Waals surface area contributed by atoms with E-state index < -0.39 is 4.92 Å². The second-order valence-electron chi connectivity index (χ2n) is 8.43. The van der Waals surface area contributed by atoms with Crippen LogP contribution < -0.4 is 10.3 Å². The molecule has 8 heteroatoms. The van der Waals surface area contributed by atoms with Gasteiger partial charge in [0, 0.05) is 23.3 Å². The van der Waals surface area contributed by atoms with Gasteiger partial charge in [0.15, 0.2) is 5.82 Å². The van der Waals surface area contributed by atoms with Gasteiger partial charge in [-0.1, -0.05) is 72.3 Å². The van der Waals surface area contributed by atoms with Crippen LogP contribution in [0.4, 0.5) is 5.69 Å². The van der Waals surface area contributed by atoms with Gasteiger partial charge in [0.1, 0.15) is 12.4 Å². The number of hydrogen-bond acceptors (Lipinski definition) is 6. The average Bonchev–Trinajstić information content (AvgIpc) is 2.93. The molecule has 0 fully saturated rings. The van der Waals surface area contributed by atoms with Crippen LogP contribution in [0.1, 0.15) is 16.7 Å². The zero-order valence-electron chi connectivity index (χ0n) is 19.9.